The second-order valence-electron chi connectivity index (χ2n) is 5.36. The molecular formula is C14H19N3OS. The highest BCUT2D eigenvalue weighted by atomic mass is 32.1. The lowest BCUT2D eigenvalue weighted by Gasteiger charge is -2.19. The maximum absolute atomic E-state index is 11.8. The van der Waals surface area contributed by atoms with Crippen LogP contribution < -0.4 is 10.9 Å². The minimum absolute atomic E-state index is 0.0229. The first kappa shape index (κ1) is 12.8. The standard InChI is InChI=1S/C14H19N3OS/c1-9(10-4-2-3-5-10)15-8-12-16-11-6-7-19-13(11)14(18)17-12/h6-7,9-10,15H,2-5,8H2,1H3,(H,16,17,18). The number of hydrogen-bond donors (Lipinski definition) is 2. The van der Waals surface area contributed by atoms with Crippen LogP contribution in [0.25, 0.3) is 10.2 Å². The van der Waals surface area contributed by atoms with Crippen molar-refractivity contribution in [3.8, 4) is 0 Å². The van der Waals surface area contributed by atoms with Crippen molar-refractivity contribution in [1.29, 1.82) is 0 Å². The van der Waals surface area contributed by atoms with Gasteiger partial charge < -0.3 is 10.3 Å². The van der Waals surface area contributed by atoms with Crippen molar-refractivity contribution in [3.05, 3.63) is 27.6 Å². The van der Waals surface area contributed by atoms with Gasteiger partial charge in [0.05, 0.1) is 12.1 Å². The quantitative estimate of drug-likeness (QED) is 0.903. The molecule has 4 nitrogen and oxygen atoms in total. The van der Waals surface area contributed by atoms with Gasteiger partial charge in [-0.2, -0.15) is 0 Å². The molecule has 5 heteroatoms. The fourth-order valence-corrected chi connectivity index (χ4v) is 3.61. The van der Waals surface area contributed by atoms with Gasteiger partial charge in [-0.25, -0.2) is 4.98 Å². The Kier molecular flexibility index (Phi) is 3.66. The Morgan fingerprint density at radius 1 is 1.53 bits per heavy atom. The minimum atomic E-state index is -0.0229. The van der Waals surface area contributed by atoms with Gasteiger partial charge in [0.15, 0.2) is 0 Å². The van der Waals surface area contributed by atoms with Crippen LogP contribution in [0.5, 0.6) is 0 Å². The van der Waals surface area contributed by atoms with Crippen molar-refractivity contribution >= 4 is 21.6 Å². The first-order valence-corrected chi connectivity index (χ1v) is 7.82. The van der Waals surface area contributed by atoms with Crippen LogP contribution in [0, 0.1) is 5.92 Å². The topological polar surface area (TPSA) is 57.8 Å². The zero-order valence-electron chi connectivity index (χ0n) is 11.1. The summed E-state index contributed by atoms with van der Waals surface area (Å²) in [7, 11) is 0. The first-order chi connectivity index (χ1) is 9.24. The van der Waals surface area contributed by atoms with Gasteiger partial charge >= 0.3 is 0 Å². The van der Waals surface area contributed by atoms with Gasteiger partial charge in [0.2, 0.25) is 0 Å². The van der Waals surface area contributed by atoms with Crippen LogP contribution in [-0.4, -0.2) is 16.0 Å². The Labute approximate surface area is 116 Å². The van der Waals surface area contributed by atoms with Crippen molar-refractivity contribution in [2.45, 2.75) is 45.2 Å². The van der Waals surface area contributed by atoms with Crippen molar-refractivity contribution in [2.75, 3.05) is 0 Å². The van der Waals surface area contributed by atoms with Crippen LogP contribution in [0.15, 0.2) is 16.2 Å². The molecule has 0 aliphatic heterocycles. The Morgan fingerprint density at radius 3 is 3.11 bits per heavy atom. The average Bonchev–Trinajstić information content (AvgIpc) is 3.06. The number of thiophene rings is 1. The molecule has 2 heterocycles. The molecule has 2 N–H and O–H groups in total. The molecule has 1 atom stereocenters. The fraction of sp³-hybridized carbons (Fsp3) is 0.571. The van der Waals surface area contributed by atoms with E-state index in [0.29, 0.717) is 17.3 Å². The van der Waals surface area contributed by atoms with Gasteiger partial charge in [0, 0.05) is 6.04 Å². The number of aromatic nitrogens is 2. The van der Waals surface area contributed by atoms with Crippen molar-refractivity contribution in [3.63, 3.8) is 0 Å². The number of fused-ring (bicyclic) bond motifs is 1. The van der Waals surface area contributed by atoms with Gasteiger partial charge in [-0.05, 0) is 37.1 Å². The summed E-state index contributed by atoms with van der Waals surface area (Å²) in [6.45, 7) is 2.87. The highest BCUT2D eigenvalue weighted by Gasteiger charge is 2.21. The number of aromatic amines is 1. The molecule has 0 saturated heterocycles. The van der Waals surface area contributed by atoms with E-state index < -0.39 is 0 Å². The molecule has 1 aliphatic carbocycles. The molecule has 1 fully saturated rings. The number of H-pyrrole nitrogens is 1. The van der Waals surface area contributed by atoms with E-state index in [-0.39, 0.29) is 5.56 Å². The van der Waals surface area contributed by atoms with E-state index in [1.807, 2.05) is 11.4 Å². The van der Waals surface area contributed by atoms with Crippen LogP contribution in [0.1, 0.15) is 38.4 Å². The second-order valence-corrected chi connectivity index (χ2v) is 6.28. The maximum atomic E-state index is 11.8. The van der Waals surface area contributed by atoms with Crippen LogP contribution in [-0.2, 0) is 6.54 Å². The Morgan fingerprint density at radius 2 is 2.32 bits per heavy atom. The van der Waals surface area contributed by atoms with Gasteiger partial charge in [-0.3, -0.25) is 4.79 Å². The van der Waals surface area contributed by atoms with E-state index in [1.54, 1.807) is 0 Å². The van der Waals surface area contributed by atoms with Crippen LogP contribution in [0.4, 0.5) is 0 Å². The molecule has 102 valence electrons. The average molecular weight is 277 g/mol. The summed E-state index contributed by atoms with van der Waals surface area (Å²) in [5.74, 6) is 1.51. The van der Waals surface area contributed by atoms with Gasteiger partial charge in [-0.1, -0.05) is 12.8 Å². The molecule has 3 rings (SSSR count). The van der Waals surface area contributed by atoms with E-state index in [2.05, 4.69) is 22.2 Å². The zero-order chi connectivity index (χ0) is 13.2. The summed E-state index contributed by atoms with van der Waals surface area (Å²) in [6.07, 6.45) is 5.35. The Bertz CT molecular complexity index is 612. The lowest BCUT2D eigenvalue weighted by Crippen LogP contribution is -2.32. The third-order valence-electron chi connectivity index (χ3n) is 4.06. The maximum Gasteiger partial charge on any atom is 0.268 e. The number of nitrogens with one attached hydrogen (secondary N) is 2. The monoisotopic (exact) mass is 277 g/mol. The molecular weight excluding hydrogens is 258 g/mol. The normalized spacial score (nSPS) is 18.2. The van der Waals surface area contributed by atoms with E-state index in [9.17, 15) is 4.79 Å². The first-order valence-electron chi connectivity index (χ1n) is 6.94. The van der Waals surface area contributed by atoms with Crippen LogP contribution in [0.3, 0.4) is 0 Å². The van der Waals surface area contributed by atoms with E-state index in [0.717, 1.165) is 17.3 Å². The zero-order valence-corrected chi connectivity index (χ0v) is 11.9. The predicted molar refractivity (Wildman–Crippen MR) is 78.5 cm³/mol. The predicted octanol–water partition coefficient (Wildman–Crippen LogP) is 2.65. The van der Waals surface area contributed by atoms with E-state index in [4.69, 9.17) is 0 Å². The summed E-state index contributed by atoms with van der Waals surface area (Å²) < 4.78 is 0.715. The minimum Gasteiger partial charge on any atom is -0.308 e. The highest BCUT2D eigenvalue weighted by molar-refractivity contribution is 7.17. The number of nitrogens with zero attached hydrogens (tertiary/aromatic N) is 1. The Hall–Kier alpha value is -1.20. The summed E-state index contributed by atoms with van der Waals surface area (Å²) in [5, 5.41) is 5.40. The molecule has 0 bridgehead atoms. The molecule has 2 aromatic heterocycles. The van der Waals surface area contributed by atoms with Crippen molar-refractivity contribution in [2.24, 2.45) is 5.92 Å². The fourth-order valence-electron chi connectivity index (χ4n) is 2.89. The third-order valence-corrected chi connectivity index (χ3v) is 4.96. The highest BCUT2D eigenvalue weighted by Crippen LogP contribution is 2.27. The molecule has 2 aromatic rings. The summed E-state index contributed by atoms with van der Waals surface area (Å²) in [4.78, 5) is 19.2. The molecule has 0 radical (unpaired) electrons. The lowest BCUT2D eigenvalue weighted by molar-refractivity contribution is 0.377. The van der Waals surface area contributed by atoms with Gasteiger partial charge in [0.1, 0.15) is 10.5 Å². The van der Waals surface area contributed by atoms with Crippen molar-refractivity contribution in [1.82, 2.24) is 15.3 Å². The molecule has 1 saturated carbocycles. The summed E-state index contributed by atoms with van der Waals surface area (Å²) in [6, 6.07) is 2.39. The number of hydrogen-bond acceptors (Lipinski definition) is 4. The molecule has 0 spiro atoms. The third kappa shape index (κ3) is 2.72. The SMILES string of the molecule is CC(NCc1nc2ccsc2c(=O)[nH]1)C1CCCC1. The smallest absolute Gasteiger partial charge is 0.268 e. The molecule has 19 heavy (non-hydrogen) atoms. The van der Waals surface area contributed by atoms with Gasteiger partial charge in [0.25, 0.3) is 5.56 Å². The molecule has 1 aliphatic rings. The number of rotatable bonds is 4. The van der Waals surface area contributed by atoms with Crippen LogP contribution in [0.2, 0.25) is 0 Å². The van der Waals surface area contributed by atoms with E-state index >= 15 is 0 Å². The largest absolute Gasteiger partial charge is 0.308 e. The Balaban J connectivity index is 1.69. The molecule has 0 aromatic carbocycles. The molecule has 1 unspecified atom stereocenters. The van der Waals surface area contributed by atoms with Crippen molar-refractivity contribution < 1.29 is 0 Å². The summed E-state index contributed by atoms with van der Waals surface area (Å²) in [5.41, 5.74) is 0.782. The summed E-state index contributed by atoms with van der Waals surface area (Å²) >= 11 is 1.44. The van der Waals surface area contributed by atoms with E-state index in [1.165, 1.54) is 37.0 Å². The second kappa shape index (κ2) is 5.43. The van der Waals surface area contributed by atoms with Gasteiger partial charge in [-0.15, -0.1) is 11.3 Å². The lowest BCUT2D eigenvalue weighted by atomic mass is 10.00. The molecule has 0 amide bonds. The van der Waals surface area contributed by atoms with Crippen LogP contribution >= 0.6 is 11.3 Å².